The van der Waals surface area contributed by atoms with Crippen molar-refractivity contribution in [3.8, 4) is 0 Å². The average Bonchev–Trinajstić information content (AvgIpc) is 3.27. The molecule has 0 aliphatic carbocycles. The van der Waals surface area contributed by atoms with Crippen LogP contribution in [0.5, 0.6) is 0 Å². The molecule has 1 saturated heterocycles. The van der Waals surface area contributed by atoms with Gasteiger partial charge in [0.2, 0.25) is 23.6 Å². The van der Waals surface area contributed by atoms with E-state index in [0.717, 1.165) is 5.56 Å². The lowest BCUT2D eigenvalue weighted by atomic mass is 10.0. The van der Waals surface area contributed by atoms with Crippen molar-refractivity contribution in [3.05, 3.63) is 35.9 Å². The van der Waals surface area contributed by atoms with Crippen LogP contribution in [0.3, 0.4) is 0 Å². The minimum Gasteiger partial charge on any atom is -0.480 e. The summed E-state index contributed by atoms with van der Waals surface area (Å²) in [6, 6.07) is 5.03. The zero-order valence-corrected chi connectivity index (χ0v) is 18.5. The van der Waals surface area contributed by atoms with Crippen LogP contribution in [-0.2, 0) is 30.4 Å². The monoisotopic (exact) mass is 461 g/mol. The second kappa shape index (κ2) is 12.0. The topological polar surface area (TPSA) is 185 Å². The van der Waals surface area contributed by atoms with Gasteiger partial charge in [-0.25, -0.2) is 4.79 Å². The van der Waals surface area contributed by atoms with Crippen LogP contribution in [0.15, 0.2) is 30.3 Å². The number of nitrogens with one attached hydrogen (secondary N) is 2. The normalized spacial score (nSPS) is 18.1. The van der Waals surface area contributed by atoms with Gasteiger partial charge in [-0.1, -0.05) is 30.3 Å². The SMILES string of the molecule is CC(NC(=O)C(N)CCC(N)=O)C(=O)NC(Cc1ccccc1)C(=O)N1CCCC1C(=O)O. The van der Waals surface area contributed by atoms with Gasteiger partial charge in [0.05, 0.1) is 6.04 Å². The summed E-state index contributed by atoms with van der Waals surface area (Å²) in [6.45, 7) is 1.73. The van der Waals surface area contributed by atoms with Crippen LogP contribution in [0.1, 0.15) is 38.2 Å². The van der Waals surface area contributed by atoms with E-state index in [4.69, 9.17) is 11.5 Å². The number of carboxylic acid groups (broad SMARTS) is 1. The van der Waals surface area contributed by atoms with E-state index >= 15 is 0 Å². The Kier molecular flexibility index (Phi) is 9.34. The number of nitrogens with zero attached hydrogens (tertiary/aromatic N) is 1. The van der Waals surface area contributed by atoms with E-state index in [1.165, 1.54) is 11.8 Å². The fourth-order valence-corrected chi connectivity index (χ4v) is 3.65. The lowest BCUT2D eigenvalue weighted by Crippen LogP contribution is -2.57. The standard InChI is InChI=1S/C22H31N5O6/c1-13(25-20(30)15(23)9-10-18(24)28)19(29)26-16(12-14-6-3-2-4-7-14)21(31)27-11-5-8-17(27)22(32)33/h2-4,6-7,13,15-17H,5,8-12,23H2,1H3,(H2,24,28)(H,25,30)(H,26,29)(H,32,33). The summed E-state index contributed by atoms with van der Waals surface area (Å²) in [5, 5.41) is 14.5. The van der Waals surface area contributed by atoms with Gasteiger partial charge in [-0.3, -0.25) is 19.2 Å². The maximum absolute atomic E-state index is 13.2. The first kappa shape index (κ1) is 25.8. The van der Waals surface area contributed by atoms with Crippen molar-refractivity contribution >= 4 is 29.6 Å². The number of likely N-dealkylation sites (tertiary alicyclic amines) is 1. The van der Waals surface area contributed by atoms with Crippen molar-refractivity contribution in [2.24, 2.45) is 11.5 Å². The van der Waals surface area contributed by atoms with Crippen LogP contribution in [0.4, 0.5) is 0 Å². The highest BCUT2D eigenvalue weighted by Gasteiger charge is 2.38. The first-order valence-electron chi connectivity index (χ1n) is 10.8. The average molecular weight is 462 g/mol. The summed E-state index contributed by atoms with van der Waals surface area (Å²) < 4.78 is 0. The van der Waals surface area contributed by atoms with Crippen LogP contribution in [0, 0.1) is 0 Å². The molecule has 180 valence electrons. The predicted molar refractivity (Wildman–Crippen MR) is 118 cm³/mol. The molecule has 33 heavy (non-hydrogen) atoms. The minimum absolute atomic E-state index is 0.0379. The highest BCUT2D eigenvalue weighted by atomic mass is 16.4. The molecule has 7 N–H and O–H groups in total. The molecule has 2 rings (SSSR count). The molecule has 0 spiro atoms. The van der Waals surface area contributed by atoms with Crippen molar-refractivity contribution in [2.45, 2.75) is 63.2 Å². The van der Waals surface area contributed by atoms with Gasteiger partial charge < -0.3 is 32.1 Å². The summed E-state index contributed by atoms with van der Waals surface area (Å²) in [5.41, 5.74) is 11.6. The van der Waals surface area contributed by atoms with Gasteiger partial charge in [-0.2, -0.15) is 0 Å². The number of hydrogen-bond acceptors (Lipinski definition) is 6. The Balaban J connectivity index is 2.09. The summed E-state index contributed by atoms with van der Waals surface area (Å²) in [5.74, 6) is -3.42. The van der Waals surface area contributed by atoms with E-state index in [-0.39, 0.29) is 25.8 Å². The number of hydrogen-bond donors (Lipinski definition) is 5. The van der Waals surface area contributed by atoms with Crippen molar-refractivity contribution in [1.82, 2.24) is 15.5 Å². The van der Waals surface area contributed by atoms with Crippen LogP contribution in [0.2, 0.25) is 0 Å². The third kappa shape index (κ3) is 7.56. The van der Waals surface area contributed by atoms with Crippen LogP contribution in [0.25, 0.3) is 0 Å². The van der Waals surface area contributed by atoms with Gasteiger partial charge in [-0.05, 0) is 31.7 Å². The molecule has 4 unspecified atom stereocenters. The van der Waals surface area contributed by atoms with Crippen molar-refractivity contribution in [1.29, 1.82) is 0 Å². The third-order valence-electron chi connectivity index (χ3n) is 5.51. The first-order chi connectivity index (χ1) is 15.6. The highest BCUT2D eigenvalue weighted by molar-refractivity contribution is 5.94. The number of primary amides is 1. The predicted octanol–water partition coefficient (Wildman–Crippen LogP) is -1.11. The molecule has 11 heteroatoms. The lowest BCUT2D eigenvalue weighted by molar-refractivity contribution is -0.149. The molecule has 1 aromatic rings. The van der Waals surface area contributed by atoms with Gasteiger partial charge in [0.15, 0.2) is 0 Å². The maximum atomic E-state index is 13.2. The maximum Gasteiger partial charge on any atom is 0.326 e. The Bertz CT molecular complexity index is 877. The fourth-order valence-electron chi connectivity index (χ4n) is 3.65. The smallest absolute Gasteiger partial charge is 0.326 e. The minimum atomic E-state index is -1.09. The summed E-state index contributed by atoms with van der Waals surface area (Å²) in [6.07, 6.45) is 1.04. The van der Waals surface area contributed by atoms with Crippen molar-refractivity contribution < 1.29 is 29.1 Å². The number of carbonyl (C=O) groups is 5. The van der Waals surface area contributed by atoms with Gasteiger partial charge >= 0.3 is 5.97 Å². The molecule has 1 aromatic carbocycles. The van der Waals surface area contributed by atoms with Gasteiger partial charge in [0.25, 0.3) is 0 Å². The van der Waals surface area contributed by atoms with Crippen molar-refractivity contribution in [2.75, 3.05) is 6.54 Å². The third-order valence-corrected chi connectivity index (χ3v) is 5.51. The summed E-state index contributed by atoms with van der Waals surface area (Å²) in [7, 11) is 0. The van der Waals surface area contributed by atoms with Crippen LogP contribution >= 0.6 is 0 Å². The molecule has 1 aliphatic rings. The van der Waals surface area contributed by atoms with Crippen LogP contribution in [-0.4, -0.2) is 70.3 Å². The highest BCUT2D eigenvalue weighted by Crippen LogP contribution is 2.19. The Morgan fingerprint density at radius 3 is 2.39 bits per heavy atom. The zero-order chi connectivity index (χ0) is 24.5. The molecule has 4 atom stereocenters. The van der Waals surface area contributed by atoms with Gasteiger partial charge in [0, 0.05) is 19.4 Å². The summed E-state index contributed by atoms with van der Waals surface area (Å²) >= 11 is 0. The molecule has 0 radical (unpaired) electrons. The largest absolute Gasteiger partial charge is 0.480 e. The number of aliphatic carboxylic acids is 1. The first-order valence-corrected chi connectivity index (χ1v) is 10.8. The number of carbonyl (C=O) groups excluding carboxylic acids is 4. The summed E-state index contributed by atoms with van der Waals surface area (Å²) in [4.78, 5) is 61.9. The molecule has 1 heterocycles. The van der Waals surface area contributed by atoms with Crippen LogP contribution < -0.4 is 22.1 Å². The number of rotatable bonds is 11. The van der Waals surface area contributed by atoms with E-state index < -0.39 is 53.8 Å². The molecule has 1 fully saturated rings. The fraction of sp³-hybridized carbons (Fsp3) is 0.500. The molecule has 1 aliphatic heterocycles. The Morgan fingerprint density at radius 1 is 1.12 bits per heavy atom. The van der Waals surface area contributed by atoms with E-state index in [1.807, 2.05) is 6.07 Å². The Morgan fingerprint density at radius 2 is 1.79 bits per heavy atom. The Hall–Kier alpha value is -3.47. The van der Waals surface area contributed by atoms with Crippen molar-refractivity contribution in [3.63, 3.8) is 0 Å². The number of benzene rings is 1. The molecule has 0 bridgehead atoms. The second-order valence-electron chi connectivity index (χ2n) is 8.12. The molecule has 4 amide bonds. The Labute approximate surface area is 191 Å². The number of carboxylic acids is 1. The van der Waals surface area contributed by atoms with E-state index in [1.54, 1.807) is 24.3 Å². The molecule has 11 nitrogen and oxygen atoms in total. The van der Waals surface area contributed by atoms with E-state index in [9.17, 15) is 29.1 Å². The molecular formula is C22H31N5O6. The van der Waals surface area contributed by atoms with E-state index in [0.29, 0.717) is 12.8 Å². The zero-order valence-electron chi connectivity index (χ0n) is 18.5. The second-order valence-corrected chi connectivity index (χ2v) is 8.12. The molecular weight excluding hydrogens is 430 g/mol. The van der Waals surface area contributed by atoms with E-state index in [2.05, 4.69) is 10.6 Å². The quantitative estimate of drug-likeness (QED) is 0.276. The number of amides is 4. The van der Waals surface area contributed by atoms with Gasteiger partial charge in [0.1, 0.15) is 18.1 Å². The molecule has 0 saturated carbocycles. The van der Waals surface area contributed by atoms with Gasteiger partial charge in [-0.15, -0.1) is 0 Å². The number of nitrogens with two attached hydrogens (primary N) is 2. The molecule has 0 aromatic heterocycles. The lowest BCUT2D eigenvalue weighted by Gasteiger charge is -2.28.